The molecule has 7 nitrogen and oxygen atoms in total. The van der Waals surface area contributed by atoms with E-state index in [9.17, 15) is 4.79 Å². The van der Waals surface area contributed by atoms with Crippen molar-refractivity contribution in [3.8, 4) is 11.5 Å². The molecule has 0 atom stereocenters. The average Bonchev–Trinajstić information content (AvgIpc) is 2.78. The SMILES string of the molecule is COc1ccc(CNc2ccc(C(=O)NCCc3ccccc3OC)nn2)cc1. The maximum Gasteiger partial charge on any atom is 0.271 e. The summed E-state index contributed by atoms with van der Waals surface area (Å²) < 4.78 is 10.5. The highest BCUT2D eigenvalue weighted by Gasteiger charge is 2.09. The predicted octanol–water partition coefficient (Wildman–Crippen LogP) is 3.08. The van der Waals surface area contributed by atoms with Gasteiger partial charge in [-0.2, -0.15) is 0 Å². The predicted molar refractivity (Wildman–Crippen MR) is 111 cm³/mol. The Morgan fingerprint density at radius 3 is 2.41 bits per heavy atom. The van der Waals surface area contributed by atoms with Crippen LogP contribution >= 0.6 is 0 Å². The van der Waals surface area contributed by atoms with Crippen molar-refractivity contribution in [1.29, 1.82) is 0 Å². The van der Waals surface area contributed by atoms with Gasteiger partial charge in [0.1, 0.15) is 17.3 Å². The Hall–Kier alpha value is -3.61. The summed E-state index contributed by atoms with van der Waals surface area (Å²) in [4.78, 5) is 12.3. The number of carbonyl (C=O) groups is 1. The second kappa shape index (κ2) is 10.1. The molecule has 29 heavy (non-hydrogen) atoms. The second-order valence-electron chi connectivity index (χ2n) is 6.32. The van der Waals surface area contributed by atoms with Crippen LogP contribution in [0.3, 0.4) is 0 Å². The van der Waals surface area contributed by atoms with Gasteiger partial charge in [0.25, 0.3) is 5.91 Å². The highest BCUT2D eigenvalue weighted by molar-refractivity contribution is 5.92. The number of nitrogens with one attached hydrogen (secondary N) is 2. The summed E-state index contributed by atoms with van der Waals surface area (Å²) in [5.74, 6) is 1.98. The Bertz CT molecular complexity index is 928. The zero-order valence-electron chi connectivity index (χ0n) is 16.5. The van der Waals surface area contributed by atoms with Crippen LogP contribution < -0.4 is 20.1 Å². The molecule has 0 aliphatic heterocycles. The summed E-state index contributed by atoms with van der Waals surface area (Å²) in [6.07, 6.45) is 0.671. The lowest BCUT2D eigenvalue weighted by Gasteiger charge is -2.09. The molecule has 3 aromatic rings. The van der Waals surface area contributed by atoms with E-state index in [4.69, 9.17) is 9.47 Å². The van der Waals surface area contributed by atoms with E-state index >= 15 is 0 Å². The number of rotatable bonds is 9. The monoisotopic (exact) mass is 392 g/mol. The van der Waals surface area contributed by atoms with Crippen LogP contribution in [0.4, 0.5) is 5.82 Å². The fourth-order valence-corrected chi connectivity index (χ4v) is 2.79. The highest BCUT2D eigenvalue weighted by Crippen LogP contribution is 2.17. The van der Waals surface area contributed by atoms with Crippen molar-refractivity contribution < 1.29 is 14.3 Å². The van der Waals surface area contributed by atoms with Gasteiger partial charge in [-0.05, 0) is 47.9 Å². The summed E-state index contributed by atoms with van der Waals surface area (Å²) in [6.45, 7) is 1.08. The van der Waals surface area contributed by atoms with E-state index < -0.39 is 0 Å². The fraction of sp³-hybridized carbons (Fsp3) is 0.227. The molecular formula is C22H24N4O3. The number of carbonyl (C=O) groups excluding carboxylic acids is 1. The van der Waals surface area contributed by atoms with Gasteiger partial charge in [-0.3, -0.25) is 4.79 Å². The van der Waals surface area contributed by atoms with Gasteiger partial charge in [0.05, 0.1) is 14.2 Å². The number of aromatic nitrogens is 2. The van der Waals surface area contributed by atoms with E-state index in [1.54, 1.807) is 26.4 Å². The molecule has 0 saturated carbocycles. The van der Waals surface area contributed by atoms with Gasteiger partial charge >= 0.3 is 0 Å². The summed E-state index contributed by atoms with van der Waals surface area (Å²) >= 11 is 0. The van der Waals surface area contributed by atoms with Crippen LogP contribution in [0, 0.1) is 0 Å². The molecule has 0 unspecified atom stereocenters. The van der Waals surface area contributed by atoms with Crippen molar-refractivity contribution >= 4 is 11.7 Å². The van der Waals surface area contributed by atoms with E-state index in [1.165, 1.54) is 0 Å². The Balaban J connectivity index is 1.47. The number of ether oxygens (including phenoxy) is 2. The Morgan fingerprint density at radius 1 is 0.931 bits per heavy atom. The molecule has 0 aliphatic carbocycles. The summed E-state index contributed by atoms with van der Waals surface area (Å²) in [7, 11) is 3.27. The largest absolute Gasteiger partial charge is 0.497 e. The van der Waals surface area contributed by atoms with Crippen molar-refractivity contribution in [3.05, 3.63) is 77.5 Å². The molecule has 0 fully saturated rings. The van der Waals surface area contributed by atoms with Gasteiger partial charge in [-0.15, -0.1) is 10.2 Å². The number of para-hydroxylation sites is 1. The van der Waals surface area contributed by atoms with Crippen LogP contribution in [0.15, 0.2) is 60.7 Å². The van der Waals surface area contributed by atoms with Crippen molar-refractivity contribution in [2.24, 2.45) is 0 Å². The number of hydrogen-bond donors (Lipinski definition) is 2. The van der Waals surface area contributed by atoms with Gasteiger partial charge in [0.2, 0.25) is 0 Å². The lowest BCUT2D eigenvalue weighted by Crippen LogP contribution is -2.27. The molecule has 0 radical (unpaired) electrons. The second-order valence-corrected chi connectivity index (χ2v) is 6.32. The van der Waals surface area contributed by atoms with E-state index in [-0.39, 0.29) is 11.6 Å². The number of nitrogens with zero attached hydrogens (tertiary/aromatic N) is 2. The maximum atomic E-state index is 12.3. The van der Waals surface area contributed by atoms with Crippen LogP contribution in [0.5, 0.6) is 11.5 Å². The number of amides is 1. The molecule has 2 aromatic carbocycles. The normalized spacial score (nSPS) is 10.3. The highest BCUT2D eigenvalue weighted by atomic mass is 16.5. The number of benzene rings is 2. The molecule has 0 aliphatic rings. The van der Waals surface area contributed by atoms with E-state index in [1.807, 2.05) is 48.5 Å². The van der Waals surface area contributed by atoms with Gasteiger partial charge in [-0.1, -0.05) is 30.3 Å². The lowest BCUT2D eigenvalue weighted by molar-refractivity contribution is 0.0948. The molecule has 0 saturated heterocycles. The first-order chi connectivity index (χ1) is 14.2. The van der Waals surface area contributed by atoms with E-state index in [0.29, 0.717) is 25.3 Å². The van der Waals surface area contributed by atoms with E-state index in [0.717, 1.165) is 22.6 Å². The molecule has 7 heteroatoms. The Kier molecular flexibility index (Phi) is 7.00. The third-order valence-electron chi connectivity index (χ3n) is 4.40. The van der Waals surface area contributed by atoms with Crippen LogP contribution in [-0.2, 0) is 13.0 Å². The minimum Gasteiger partial charge on any atom is -0.497 e. The molecule has 0 spiro atoms. The average molecular weight is 392 g/mol. The minimum absolute atomic E-state index is 0.255. The topological polar surface area (TPSA) is 85.4 Å². The van der Waals surface area contributed by atoms with Crippen LogP contribution in [0.1, 0.15) is 21.6 Å². The summed E-state index contributed by atoms with van der Waals surface area (Å²) in [6, 6.07) is 18.9. The summed E-state index contributed by atoms with van der Waals surface area (Å²) in [5.41, 5.74) is 2.41. The van der Waals surface area contributed by atoms with Gasteiger partial charge in [0.15, 0.2) is 5.69 Å². The number of methoxy groups -OCH3 is 2. The molecule has 2 N–H and O–H groups in total. The molecular weight excluding hydrogens is 368 g/mol. The van der Waals surface area contributed by atoms with Crippen LogP contribution in [0.2, 0.25) is 0 Å². The minimum atomic E-state index is -0.255. The molecule has 150 valence electrons. The van der Waals surface area contributed by atoms with Crippen molar-refractivity contribution in [2.45, 2.75) is 13.0 Å². The molecule has 1 aromatic heterocycles. The zero-order valence-corrected chi connectivity index (χ0v) is 16.5. The number of anilines is 1. The standard InChI is InChI=1S/C22H24N4O3/c1-28-18-9-7-16(8-10-18)15-24-21-12-11-19(25-26-21)22(27)23-14-13-17-5-3-4-6-20(17)29-2/h3-12H,13-15H2,1-2H3,(H,23,27)(H,24,26). The number of hydrogen-bond acceptors (Lipinski definition) is 6. The van der Waals surface area contributed by atoms with Gasteiger partial charge in [-0.25, -0.2) is 0 Å². The lowest BCUT2D eigenvalue weighted by atomic mass is 10.1. The zero-order chi connectivity index (χ0) is 20.5. The Labute approximate surface area is 170 Å². The first-order valence-electron chi connectivity index (χ1n) is 9.30. The smallest absolute Gasteiger partial charge is 0.271 e. The van der Waals surface area contributed by atoms with Gasteiger partial charge in [0, 0.05) is 13.1 Å². The summed E-state index contributed by atoms with van der Waals surface area (Å²) in [5, 5.41) is 14.1. The van der Waals surface area contributed by atoms with Crippen molar-refractivity contribution in [1.82, 2.24) is 15.5 Å². The molecule has 1 heterocycles. The van der Waals surface area contributed by atoms with Crippen molar-refractivity contribution in [3.63, 3.8) is 0 Å². The Morgan fingerprint density at radius 2 is 1.72 bits per heavy atom. The first kappa shape index (κ1) is 20.1. The molecule has 3 rings (SSSR count). The van der Waals surface area contributed by atoms with Crippen molar-refractivity contribution in [2.75, 3.05) is 26.1 Å². The third kappa shape index (κ3) is 5.68. The van der Waals surface area contributed by atoms with Crippen LogP contribution in [-0.4, -0.2) is 36.9 Å². The molecule has 1 amide bonds. The van der Waals surface area contributed by atoms with Crippen LogP contribution in [0.25, 0.3) is 0 Å². The van der Waals surface area contributed by atoms with Gasteiger partial charge < -0.3 is 20.1 Å². The first-order valence-corrected chi connectivity index (χ1v) is 9.30. The maximum absolute atomic E-state index is 12.3. The third-order valence-corrected chi connectivity index (χ3v) is 4.40. The van der Waals surface area contributed by atoms with E-state index in [2.05, 4.69) is 20.8 Å². The molecule has 0 bridgehead atoms. The fourth-order valence-electron chi connectivity index (χ4n) is 2.79. The quantitative estimate of drug-likeness (QED) is 0.582.